The van der Waals surface area contributed by atoms with E-state index in [0.717, 1.165) is 62.2 Å². The van der Waals surface area contributed by atoms with Crippen LogP contribution in [0.2, 0.25) is 5.02 Å². The number of rotatable bonds is 3. The van der Waals surface area contributed by atoms with Gasteiger partial charge < -0.3 is 14.7 Å². The van der Waals surface area contributed by atoms with Gasteiger partial charge in [-0.05, 0) is 68.3 Å². The average Bonchev–Trinajstić information content (AvgIpc) is 2.82. The highest BCUT2D eigenvalue weighted by Gasteiger charge is 2.54. The molecule has 1 saturated carbocycles. The number of likely N-dealkylation sites (N-methyl/N-ethyl adjacent to an activating group) is 1. The Labute approximate surface area is 189 Å². The van der Waals surface area contributed by atoms with Crippen LogP contribution in [0.3, 0.4) is 0 Å². The summed E-state index contributed by atoms with van der Waals surface area (Å²) in [6, 6.07) is 10.4. The van der Waals surface area contributed by atoms with Crippen molar-refractivity contribution >= 4 is 35.7 Å². The summed E-state index contributed by atoms with van der Waals surface area (Å²) in [5, 5.41) is 9.28. The Morgan fingerprint density at radius 1 is 1.19 bits per heavy atom. The zero-order chi connectivity index (χ0) is 21.6. The van der Waals surface area contributed by atoms with Crippen molar-refractivity contribution in [2.75, 3.05) is 43.0 Å². The molecule has 0 unspecified atom stereocenters. The highest BCUT2D eigenvalue weighted by atomic mass is 35.5. The quantitative estimate of drug-likeness (QED) is 0.410. The largest absolute Gasteiger partial charge is 0.355 e. The van der Waals surface area contributed by atoms with Gasteiger partial charge in [0.2, 0.25) is 0 Å². The number of benzene rings is 1. The highest BCUT2D eigenvalue weighted by Crippen LogP contribution is 2.53. The molecule has 3 aliphatic rings. The molecule has 0 N–H and O–H groups in total. The molecule has 7 heteroatoms. The zero-order valence-corrected chi connectivity index (χ0v) is 19.0. The van der Waals surface area contributed by atoms with Crippen LogP contribution < -0.4 is 9.80 Å². The van der Waals surface area contributed by atoms with Crippen LogP contribution in [0.5, 0.6) is 0 Å². The second-order valence-electron chi connectivity index (χ2n) is 9.41. The lowest BCUT2D eigenvalue weighted by Gasteiger charge is -2.60. The van der Waals surface area contributed by atoms with Gasteiger partial charge in [0, 0.05) is 67.7 Å². The second-order valence-corrected chi connectivity index (χ2v) is 9.85. The Morgan fingerprint density at radius 2 is 2.00 bits per heavy atom. The van der Waals surface area contributed by atoms with Gasteiger partial charge >= 0.3 is 0 Å². The minimum absolute atomic E-state index is 0.378. The van der Waals surface area contributed by atoms with Crippen molar-refractivity contribution in [2.24, 2.45) is 21.5 Å². The molecule has 1 spiro atoms. The maximum Gasteiger partial charge on any atom is 0.135 e. The van der Waals surface area contributed by atoms with Gasteiger partial charge in [0.05, 0.1) is 0 Å². The number of fused-ring (bicyclic) bond motifs is 1. The van der Waals surface area contributed by atoms with E-state index in [9.17, 15) is 0 Å². The molecule has 0 amide bonds. The van der Waals surface area contributed by atoms with Gasteiger partial charge in [-0.3, -0.25) is 0 Å². The molecule has 2 aromatic rings. The van der Waals surface area contributed by atoms with Gasteiger partial charge in [0.15, 0.2) is 0 Å². The van der Waals surface area contributed by atoms with Crippen LogP contribution >= 0.6 is 11.6 Å². The van der Waals surface area contributed by atoms with E-state index >= 15 is 0 Å². The number of hydrogen-bond donors (Lipinski definition) is 0. The lowest BCUT2D eigenvalue weighted by atomic mass is 9.57. The van der Waals surface area contributed by atoms with Crippen LogP contribution in [0.1, 0.15) is 24.0 Å². The van der Waals surface area contributed by atoms with Gasteiger partial charge in [0.1, 0.15) is 11.7 Å². The topological polar surface area (TPSA) is 47.3 Å². The molecule has 1 aromatic carbocycles. The van der Waals surface area contributed by atoms with Gasteiger partial charge in [-0.2, -0.15) is 5.10 Å². The summed E-state index contributed by atoms with van der Waals surface area (Å²) in [4.78, 5) is 11.6. The summed E-state index contributed by atoms with van der Waals surface area (Å²) < 4.78 is 0. The number of amidine groups is 1. The number of halogens is 1. The summed E-state index contributed by atoms with van der Waals surface area (Å²) in [7, 11) is 2.15. The van der Waals surface area contributed by atoms with E-state index in [1.807, 2.05) is 18.3 Å². The Kier molecular flexibility index (Phi) is 5.22. The maximum atomic E-state index is 6.30. The molecule has 31 heavy (non-hydrogen) atoms. The molecule has 0 radical (unpaired) electrons. The third-order valence-electron chi connectivity index (χ3n) is 6.93. The number of pyridine rings is 1. The Bertz CT molecular complexity index is 1020. The Hall–Kier alpha value is -2.44. The van der Waals surface area contributed by atoms with E-state index < -0.39 is 0 Å². The fourth-order valence-corrected chi connectivity index (χ4v) is 5.61. The molecule has 1 aliphatic carbocycles. The molecular weight excluding hydrogens is 408 g/mol. The molecule has 0 atom stereocenters. The van der Waals surface area contributed by atoms with E-state index in [2.05, 4.69) is 68.8 Å². The van der Waals surface area contributed by atoms with Crippen molar-refractivity contribution in [1.82, 2.24) is 9.88 Å². The smallest absolute Gasteiger partial charge is 0.135 e. The first-order valence-corrected chi connectivity index (χ1v) is 11.3. The van der Waals surface area contributed by atoms with Gasteiger partial charge in [-0.1, -0.05) is 11.6 Å². The number of nitrogens with zero attached hydrogens (tertiary/aromatic N) is 6. The standard InChI is InChI=1S/C24H29ClN6/c1-17-6-7-27-22(10-17)30-15-24(16-30)12-19(13-24)23(28-26-2)31-9-8-29(3)14-18-11-20(25)4-5-21(18)31/h4-7,10-11,19H,2,8-9,12-16H2,1,3H3/b28-23-. The minimum Gasteiger partial charge on any atom is -0.355 e. The van der Waals surface area contributed by atoms with E-state index in [1.54, 1.807) is 0 Å². The normalized spacial score (nSPS) is 21.3. The SMILES string of the molecule is C=N/N=C(/C1CC2(C1)CN(c1cc(C)ccn1)C2)N1CCN(C)Cc2cc(Cl)ccc21. The number of aryl methyl sites for hydroxylation is 1. The maximum absolute atomic E-state index is 6.30. The van der Waals surface area contributed by atoms with Crippen molar-refractivity contribution in [3.8, 4) is 0 Å². The van der Waals surface area contributed by atoms with Crippen molar-refractivity contribution in [2.45, 2.75) is 26.3 Å². The summed E-state index contributed by atoms with van der Waals surface area (Å²) in [5.74, 6) is 2.55. The fourth-order valence-electron chi connectivity index (χ4n) is 5.42. The third-order valence-corrected chi connectivity index (χ3v) is 7.16. The predicted octanol–water partition coefficient (Wildman–Crippen LogP) is 4.23. The molecule has 162 valence electrons. The lowest BCUT2D eigenvalue weighted by Crippen LogP contribution is -2.64. The van der Waals surface area contributed by atoms with Gasteiger partial charge in [0.25, 0.3) is 0 Å². The fraction of sp³-hybridized carbons (Fsp3) is 0.458. The summed E-state index contributed by atoms with van der Waals surface area (Å²) >= 11 is 6.30. The molecule has 5 rings (SSSR count). The van der Waals surface area contributed by atoms with Gasteiger partial charge in [-0.25, -0.2) is 4.98 Å². The monoisotopic (exact) mass is 436 g/mol. The summed E-state index contributed by atoms with van der Waals surface area (Å²) in [6.45, 7) is 10.7. The summed E-state index contributed by atoms with van der Waals surface area (Å²) in [6.07, 6.45) is 4.18. The van der Waals surface area contributed by atoms with Crippen LogP contribution in [-0.2, 0) is 6.54 Å². The average molecular weight is 437 g/mol. The second kappa shape index (κ2) is 7.92. The van der Waals surface area contributed by atoms with E-state index in [0.29, 0.717) is 11.3 Å². The lowest BCUT2D eigenvalue weighted by molar-refractivity contribution is 0.0559. The van der Waals surface area contributed by atoms with Crippen molar-refractivity contribution in [3.05, 3.63) is 52.7 Å². The molecule has 3 heterocycles. The van der Waals surface area contributed by atoms with E-state index in [-0.39, 0.29) is 0 Å². The number of hydrogen-bond acceptors (Lipinski definition) is 5. The van der Waals surface area contributed by atoms with Crippen LogP contribution in [-0.4, -0.2) is 55.7 Å². The van der Waals surface area contributed by atoms with Crippen LogP contribution in [0, 0.1) is 18.3 Å². The van der Waals surface area contributed by atoms with Crippen molar-refractivity contribution < 1.29 is 0 Å². The van der Waals surface area contributed by atoms with Crippen LogP contribution in [0.4, 0.5) is 11.5 Å². The summed E-state index contributed by atoms with van der Waals surface area (Å²) in [5.41, 5.74) is 4.06. The van der Waals surface area contributed by atoms with Crippen molar-refractivity contribution in [1.29, 1.82) is 0 Å². The molecule has 2 fully saturated rings. The molecule has 0 bridgehead atoms. The zero-order valence-electron chi connectivity index (χ0n) is 18.3. The first kappa shape index (κ1) is 20.5. The first-order chi connectivity index (χ1) is 15.0. The van der Waals surface area contributed by atoms with E-state index in [1.165, 1.54) is 16.8 Å². The number of anilines is 2. The molecule has 6 nitrogen and oxygen atoms in total. The third kappa shape index (κ3) is 3.83. The Morgan fingerprint density at radius 3 is 2.74 bits per heavy atom. The molecular formula is C24H29ClN6. The molecule has 2 aliphatic heterocycles. The predicted molar refractivity (Wildman–Crippen MR) is 128 cm³/mol. The minimum atomic E-state index is 0.378. The van der Waals surface area contributed by atoms with Crippen LogP contribution in [0.25, 0.3) is 0 Å². The first-order valence-electron chi connectivity index (χ1n) is 10.9. The molecule has 1 saturated heterocycles. The number of aromatic nitrogens is 1. The van der Waals surface area contributed by atoms with Gasteiger partial charge in [-0.15, -0.1) is 5.10 Å². The van der Waals surface area contributed by atoms with Crippen LogP contribution in [0.15, 0.2) is 46.7 Å². The molecule has 1 aromatic heterocycles. The van der Waals surface area contributed by atoms with E-state index in [4.69, 9.17) is 11.6 Å². The van der Waals surface area contributed by atoms with Crippen molar-refractivity contribution in [3.63, 3.8) is 0 Å². The highest BCUT2D eigenvalue weighted by molar-refractivity contribution is 6.30. The Balaban J connectivity index is 1.32.